The first-order chi connectivity index (χ1) is 24.8. The molecule has 0 heterocycles. The van der Waals surface area contributed by atoms with Gasteiger partial charge in [0.1, 0.15) is 5.78 Å². The van der Waals surface area contributed by atoms with Gasteiger partial charge in [-0.25, -0.2) is 0 Å². The smallest absolute Gasteiger partial charge is 0.192 e. The Kier molecular flexibility index (Phi) is 12.6. The third kappa shape index (κ3) is 8.78. The number of carbonyl (C=O) groups is 1. The van der Waals surface area contributed by atoms with Crippen molar-refractivity contribution in [1.29, 1.82) is 0 Å². The van der Waals surface area contributed by atoms with E-state index in [9.17, 15) is 9.90 Å². The van der Waals surface area contributed by atoms with Gasteiger partial charge in [-0.3, -0.25) is 4.79 Å². The van der Waals surface area contributed by atoms with E-state index in [1.165, 1.54) is 24.0 Å². The highest BCUT2D eigenvalue weighted by molar-refractivity contribution is 6.74. The fourth-order valence-electron chi connectivity index (χ4n) is 9.79. The first-order valence-corrected chi connectivity index (χ1v) is 27.4. The maximum Gasteiger partial charge on any atom is 0.192 e. The third-order valence-corrected chi connectivity index (χ3v) is 24.8. The molecule has 5 rings (SSSR count). The Morgan fingerprint density at radius 3 is 2.07 bits per heavy atom. The van der Waals surface area contributed by atoms with Gasteiger partial charge in [0.2, 0.25) is 0 Å². The van der Waals surface area contributed by atoms with Gasteiger partial charge in [-0.05, 0) is 139 Å². The quantitative estimate of drug-likeness (QED) is 0.215. The second-order valence-electron chi connectivity index (χ2n) is 21.8. The average molecular weight is 775 g/mol. The average Bonchev–Trinajstić information content (AvgIpc) is 3.80. The normalized spacial score (nSPS) is 30.5. The van der Waals surface area contributed by atoms with Crippen LogP contribution in [0.3, 0.4) is 0 Å². The zero-order valence-electron chi connectivity index (χ0n) is 37.0. The molecular weight excluding hydrogens is 697 g/mol. The summed E-state index contributed by atoms with van der Waals surface area (Å²) in [5.74, 6) is 1.69. The predicted molar refractivity (Wildman–Crippen MR) is 233 cm³/mol. The van der Waals surface area contributed by atoms with Gasteiger partial charge in [0.25, 0.3) is 0 Å². The highest BCUT2D eigenvalue weighted by Gasteiger charge is 2.54. The molecule has 4 nitrogen and oxygen atoms in total. The summed E-state index contributed by atoms with van der Waals surface area (Å²) < 4.78 is 14.2. The molecule has 0 aromatic heterocycles. The van der Waals surface area contributed by atoms with Crippen LogP contribution in [-0.2, 0) is 19.1 Å². The molecular formula is C48H78O4Si2. The molecule has 0 amide bonds. The number of carbonyl (C=O) groups excluding carboxylic acids is 1. The molecule has 6 heteroatoms. The molecule has 0 radical (unpaired) electrons. The molecule has 1 N–H and O–H groups in total. The maximum absolute atomic E-state index is 13.9. The summed E-state index contributed by atoms with van der Waals surface area (Å²) in [4.78, 5) is 13.9. The summed E-state index contributed by atoms with van der Waals surface area (Å²) in [7, 11) is -4.01. The largest absolute Gasteiger partial charge is 0.413 e. The Labute approximate surface area is 333 Å². The van der Waals surface area contributed by atoms with Crippen LogP contribution in [0.1, 0.15) is 150 Å². The number of aliphatic hydroxyl groups excluding tert-OH is 1. The molecule has 0 bridgehead atoms. The molecule has 4 saturated carbocycles. The molecule has 1 aromatic carbocycles. The van der Waals surface area contributed by atoms with Crippen LogP contribution in [0.2, 0.25) is 36.3 Å². The van der Waals surface area contributed by atoms with Crippen molar-refractivity contribution in [2.45, 2.75) is 199 Å². The minimum absolute atomic E-state index is 0.0224. The van der Waals surface area contributed by atoms with E-state index in [2.05, 4.69) is 132 Å². The SMILES string of the molecule is C=C1/C(=C\C=C2/CCC[C@]3(C)[C@@H]([C@H](C)C(O)CC(=O)C4(c5ccc(C(C)C)cc5)CC4)CC[C@@H]23)C[C@@H](O[Si](C)(C)C(C)(C)C)C[C@@H]1O[Si](C)(C)C(C)(C)C. The van der Waals surface area contributed by atoms with Crippen molar-refractivity contribution >= 4 is 22.4 Å². The summed E-state index contributed by atoms with van der Waals surface area (Å²) in [6, 6.07) is 8.69. The highest BCUT2D eigenvalue weighted by Crippen LogP contribution is 2.60. The molecule has 4 aliphatic carbocycles. The van der Waals surface area contributed by atoms with Gasteiger partial charge >= 0.3 is 0 Å². The van der Waals surface area contributed by atoms with Crippen LogP contribution >= 0.6 is 0 Å². The third-order valence-electron chi connectivity index (χ3n) is 15.8. The van der Waals surface area contributed by atoms with Gasteiger partial charge in [0, 0.05) is 12.8 Å². The standard InChI is InChI=1S/C48H78O4Si2/c1-32(2)35-20-22-38(23-21-35)48(27-28-48)44(50)31-42(49)34(4)40-24-25-41-36(17-16-26-47(40,41)11)18-19-37-29-39(51-53(12,13)45(5,6)7)30-43(33(37)3)52-54(14,15)46(8,9)10/h18-23,32,34,39-43,49H,3,16-17,24-31H2,1-2,4-15H3/b36-18+,37-19-/t34-,39+,40+,41-,42?,43-,47+/m0/s1. The fraction of sp³-hybridized carbons (Fsp3) is 0.729. The number of aliphatic hydroxyl groups is 1. The van der Waals surface area contributed by atoms with Gasteiger partial charge in [0.15, 0.2) is 16.6 Å². The van der Waals surface area contributed by atoms with E-state index >= 15 is 0 Å². The molecule has 0 aliphatic heterocycles. The maximum atomic E-state index is 13.9. The topological polar surface area (TPSA) is 55.8 Å². The highest BCUT2D eigenvalue weighted by atomic mass is 28.4. The molecule has 7 atom stereocenters. The summed E-state index contributed by atoms with van der Waals surface area (Å²) in [5, 5.41) is 12.0. The number of hydrogen-bond acceptors (Lipinski definition) is 4. The first-order valence-electron chi connectivity index (χ1n) is 21.6. The van der Waals surface area contributed by atoms with Crippen molar-refractivity contribution in [3.8, 4) is 0 Å². The zero-order chi connectivity index (χ0) is 40.2. The Hall–Kier alpha value is -1.58. The fourth-order valence-corrected chi connectivity index (χ4v) is 12.5. The zero-order valence-corrected chi connectivity index (χ0v) is 39.0. The molecule has 0 spiro atoms. The Morgan fingerprint density at radius 2 is 1.52 bits per heavy atom. The summed E-state index contributed by atoms with van der Waals surface area (Å²) >= 11 is 0. The lowest BCUT2D eigenvalue weighted by atomic mass is 9.60. The lowest BCUT2D eigenvalue weighted by molar-refractivity contribution is -0.124. The van der Waals surface area contributed by atoms with Gasteiger partial charge in [-0.2, -0.15) is 0 Å². The Morgan fingerprint density at radius 1 is 0.926 bits per heavy atom. The minimum atomic E-state index is -2.03. The van der Waals surface area contributed by atoms with Gasteiger partial charge in [0.05, 0.1) is 23.7 Å². The van der Waals surface area contributed by atoms with E-state index in [-0.39, 0.29) is 51.2 Å². The van der Waals surface area contributed by atoms with Gasteiger partial charge in [-0.15, -0.1) is 0 Å². The number of allylic oxidation sites excluding steroid dienone is 3. The number of benzene rings is 1. The lowest BCUT2D eigenvalue weighted by Gasteiger charge is -2.46. The summed E-state index contributed by atoms with van der Waals surface area (Å²) in [5.41, 5.74) is 6.16. The Bertz CT molecular complexity index is 1580. The molecule has 1 unspecified atom stereocenters. The molecule has 54 heavy (non-hydrogen) atoms. The van der Waals surface area contributed by atoms with Crippen molar-refractivity contribution in [2.24, 2.45) is 23.2 Å². The Balaban J connectivity index is 1.33. The van der Waals surface area contributed by atoms with Crippen molar-refractivity contribution in [3.05, 3.63) is 70.8 Å². The van der Waals surface area contributed by atoms with E-state index in [1.807, 2.05) is 0 Å². The van der Waals surface area contributed by atoms with Crippen LogP contribution in [0.4, 0.5) is 0 Å². The first kappa shape index (κ1) is 43.5. The number of fused-ring (bicyclic) bond motifs is 1. The summed E-state index contributed by atoms with van der Waals surface area (Å²) in [6.45, 7) is 37.2. The van der Waals surface area contributed by atoms with Crippen LogP contribution in [0.25, 0.3) is 0 Å². The van der Waals surface area contributed by atoms with Crippen molar-refractivity contribution in [1.82, 2.24) is 0 Å². The monoisotopic (exact) mass is 775 g/mol. The van der Waals surface area contributed by atoms with E-state index in [1.54, 1.807) is 5.57 Å². The van der Waals surface area contributed by atoms with Crippen molar-refractivity contribution in [2.75, 3.05) is 0 Å². The van der Waals surface area contributed by atoms with Crippen LogP contribution in [0.15, 0.2) is 59.7 Å². The number of ketones is 1. The molecule has 1 aromatic rings. The second-order valence-corrected chi connectivity index (χ2v) is 31.3. The predicted octanol–water partition coefficient (Wildman–Crippen LogP) is 13.0. The number of Topliss-reactive ketones (excluding diaryl/α,β-unsaturated/α-hetero) is 1. The van der Waals surface area contributed by atoms with Crippen LogP contribution < -0.4 is 0 Å². The van der Waals surface area contributed by atoms with Crippen LogP contribution in [0.5, 0.6) is 0 Å². The van der Waals surface area contributed by atoms with Crippen LogP contribution in [-0.4, -0.2) is 45.8 Å². The molecule has 302 valence electrons. The second kappa shape index (κ2) is 15.6. The minimum Gasteiger partial charge on any atom is -0.413 e. The van der Waals surface area contributed by atoms with Gasteiger partial charge < -0.3 is 14.0 Å². The van der Waals surface area contributed by atoms with Crippen molar-refractivity contribution < 1.29 is 18.8 Å². The van der Waals surface area contributed by atoms with E-state index in [0.717, 1.165) is 56.1 Å². The number of hydrogen-bond donors (Lipinski definition) is 1. The van der Waals surface area contributed by atoms with E-state index < -0.39 is 22.7 Å². The molecule has 4 aliphatic rings. The molecule has 4 fully saturated rings. The van der Waals surface area contributed by atoms with E-state index in [4.69, 9.17) is 15.4 Å². The number of rotatable bonds is 12. The van der Waals surface area contributed by atoms with E-state index in [0.29, 0.717) is 17.8 Å². The van der Waals surface area contributed by atoms with Crippen LogP contribution in [0, 0.1) is 23.2 Å². The van der Waals surface area contributed by atoms with Crippen molar-refractivity contribution in [3.63, 3.8) is 0 Å². The van der Waals surface area contributed by atoms with Gasteiger partial charge in [-0.1, -0.05) is 118 Å². The summed E-state index contributed by atoms with van der Waals surface area (Å²) in [6.07, 6.45) is 13.9. The molecule has 0 saturated heterocycles. The lowest BCUT2D eigenvalue weighted by Crippen LogP contribution is -2.49.